The molecule has 0 saturated heterocycles. The molecule has 0 saturated carbocycles. The predicted molar refractivity (Wildman–Crippen MR) is 104 cm³/mol. The molecule has 0 fully saturated rings. The van der Waals surface area contributed by atoms with Crippen LogP contribution in [0.1, 0.15) is 25.1 Å². The second-order valence-corrected chi connectivity index (χ2v) is 6.65. The molecule has 0 aliphatic heterocycles. The summed E-state index contributed by atoms with van der Waals surface area (Å²) in [5, 5.41) is 2.92. The van der Waals surface area contributed by atoms with Crippen LogP contribution in [0.5, 0.6) is 0 Å². The second-order valence-electron chi connectivity index (χ2n) is 6.65. The summed E-state index contributed by atoms with van der Waals surface area (Å²) in [5.74, 6) is -0.273. The first-order valence-corrected chi connectivity index (χ1v) is 8.80. The molecule has 0 atom stereocenters. The van der Waals surface area contributed by atoms with E-state index in [1.54, 1.807) is 6.07 Å². The number of benzene rings is 2. The molecule has 2 aromatic carbocycles. The Morgan fingerprint density at radius 1 is 1.00 bits per heavy atom. The minimum atomic E-state index is -0.669. The van der Waals surface area contributed by atoms with E-state index >= 15 is 0 Å². The number of nitrogens with zero attached hydrogens (tertiary/aromatic N) is 3. The van der Waals surface area contributed by atoms with Gasteiger partial charge in [-0.25, -0.2) is 13.8 Å². The van der Waals surface area contributed by atoms with Gasteiger partial charge in [0.1, 0.15) is 17.5 Å². The van der Waals surface area contributed by atoms with Gasteiger partial charge in [0, 0.05) is 30.4 Å². The van der Waals surface area contributed by atoms with E-state index in [0.29, 0.717) is 18.3 Å². The Kier molecular flexibility index (Phi) is 5.64. The molecule has 3 aromatic rings. The van der Waals surface area contributed by atoms with Crippen LogP contribution in [0.4, 0.5) is 26.2 Å². The Bertz CT molecular complexity index is 913. The number of rotatable bonds is 6. The van der Waals surface area contributed by atoms with Gasteiger partial charge in [-0.15, -0.1) is 0 Å². The maximum absolute atomic E-state index is 14.0. The average molecular weight is 368 g/mol. The monoisotopic (exact) mass is 368 g/mol. The molecule has 0 spiro atoms. The SMILES string of the molecule is Cc1cc(Nc2ccc(F)cc2F)nc(N(Cc2ccccc2)C(C)C)n1. The summed E-state index contributed by atoms with van der Waals surface area (Å²) in [5.41, 5.74) is 2.07. The molecule has 0 bridgehead atoms. The van der Waals surface area contributed by atoms with Crippen LogP contribution in [-0.4, -0.2) is 16.0 Å². The normalized spacial score (nSPS) is 10.9. The van der Waals surface area contributed by atoms with Crippen LogP contribution in [0.3, 0.4) is 0 Å². The van der Waals surface area contributed by atoms with Crippen molar-refractivity contribution in [3.8, 4) is 0 Å². The molecular weight excluding hydrogens is 346 g/mol. The zero-order chi connectivity index (χ0) is 19.4. The molecule has 6 heteroatoms. The molecule has 0 aliphatic rings. The molecular formula is C21H22F2N4. The zero-order valence-electron chi connectivity index (χ0n) is 15.6. The Balaban J connectivity index is 1.90. The van der Waals surface area contributed by atoms with Gasteiger partial charge in [-0.05, 0) is 38.5 Å². The number of hydrogen-bond donors (Lipinski definition) is 1. The van der Waals surface area contributed by atoms with Crippen LogP contribution in [0.25, 0.3) is 0 Å². The predicted octanol–water partition coefficient (Wildman–Crippen LogP) is 5.22. The van der Waals surface area contributed by atoms with Crippen molar-refractivity contribution in [1.82, 2.24) is 9.97 Å². The molecule has 0 unspecified atom stereocenters. The lowest BCUT2D eigenvalue weighted by molar-refractivity contribution is 0.586. The van der Waals surface area contributed by atoms with Crippen LogP contribution < -0.4 is 10.2 Å². The summed E-state index contributed by atoms with van der Waals surface area (Å²) in [7, 11) is 0. The van der Waals surface area contributed by atoms with E-state index in [2.05, 4.69) is 46.2 Å². The summed E-state index contributed by atoms with van der Waals surface area (Å²) < 4.78 is 27.1. The van der Waals surface area contributed by atoms with E-state index < -0.39 is 11.6 Å². The van der Waals surface area contributed by atoms with Crippen molar-refractivity contribution in [1.29, 1.82) is 0 Å². The molecule has 1 heterocycles. The van der Waals surface area contributed by atoms with Crippen molar-refractivity contribution < 1.29 is 8.78 Å². The molecule has 4 nitrogen and oxygen atoms in total. The van der Waals surface area contributed by atoms with Gasteiger partial charge in [0.2, 0.25) is 5.95 Å². The lowest BCUT2D eigenvalue weighted by Gasteiger charge is -2.27. The zero-order valence-corrected chi connectivity index (χ0v) is 15.6. The molecule has 140 valence electrons. The van der Waals surface area contributed by atoms with Gasteiger partial charge in [0.25, 0.3) is 0 Å². The number of anilines is 3. The number of aryl methyl sites for hydroxylation is 1. The molecule has 0 amide bonds. The summed E-state index contributed by atoms with van der Waals surface area (Å²) in [6.07, 6.45) is 0. The lowest BCUT2D eigenvalue weighted by Crippen LogP contribution is -2.32. The summed E-state index contributed by atoms with van der Waals surface area (Å²) in [6.45, 7) is 6.66. The third-order valence-corrected chi connectivity index (χ3v) is 4.11. The van der Waals surface area contributed by atoms with Crippen LogP contribution in [-0.2, 0) is 6.54 Å². The van der Waals surface area contributed by atoms with E-state index in [4.69, 9.17) is 0 Å². The van der Waals surface area contributed by atoms with Crippen molar-refractivity contribution >= 4 is 17.5 Å². The maximum Gasteiger partial charge on any atom is 0.228 e. The summed E-state index contributed by atoms with van der Waals surface area (Å²) in [6, 6.07) is 15.4. The molecule has 3 rings (SSSR count). The van der Waals surface area contributed by atoms with Crippen LogP contribution in [0.2, 0.25) is 0 Å². The Hall–Kier alpha value is -3.02. The lowest BCUT2D eigenvalue weighted by atomic mass is 10.2. The van der Waals surface area contributed by atoms with Crippen molar-refractivity contribution in [3.63, 3.8) is 0 Å². The highest BCUT2D eigenvalue weighted by atomic mass is 19.1. The first-order chi connectivity index (χ1) is 12.9. The van der Waals surface area contributed by atoms with Crippen molar-refractivity contribution in [2.24, 2.45) is 0 Å². The number of nitrogens with one attached hydrogen (secondary N) is 1. The van der Waals surface area contributed by atoms with E-state index in [1.807, 2.05) is 25.1 Å². The van der Waals surface area contributed by atoms with Crippen molar-refractivity contribution in [2.45, 2.75) is 33.4 Å². The summed E-state index contributed by atoms with van der Waals surface area (Å²) in [4.78, 5) is 11.2. The van der Waals surface area contributed by atoms with E-state index in [0.717, 1.165) is 17.3 Å². The molecule has 0 aliphatic carbocycles. The third kappa shape index (κ3) is 4.78. The smallest absolute Gasteiger partial charge is 0.228 e. The Labute approximate surface area is 157 Å². The fraction of sp³-hybridized carbons (Fsp3) is 0.238. The highest BCUT2D eigenvalue weighted by molar-refractivity contribution is 5.58. The Morgan fingerprint density at radius 3 is 2.41 bits per heavy atom. The molecule has 0 radical (unpaired) electrons. The van der Waals surface area contributed by atoms with Crippen LogP contribution in [0, 0.1) is 18.6 Å². The van der Waals surface area contributed by atoms with E-state index in [9.17, 15) is 8.78 Å². The average Bonchev–Trinajstić information content (AvgIpc) is 2.62. The van der Waals surface area contributed by atoms with Gasteiger partial charge in [0.05, 0.1) is 5.69 Å². The molecule has 1 N–H and O–H groups in total. The van der Waals surface area contributed by atoms with Gasteiger partial charge in [-0.1, -0.05) is 30.3 Å². The fourth-order valence-electron chi connectivity index (χ4n) is 2.74. The van der Waals surface area contributed by atoms with Gasteiger partial charge >= 0.3 is 0 Å². The first-order valence-electron chi connectivity index (χ1n) is 8.80. The standard InChI is InChI=1S/C21H22F2N4/c1-14(2)27(13-16-7-5-4-6-8-16)21-24-15(3)11-20(26-21)25-19-10-9-17(22)12-18(19)23/h4-12,14H,13H2,1-3H3,(H,24,25,26). The van der Waals surface area contributed by atoms with E-state index in [-0.39, 0.29) is 11.7 Å². The number of aromatic nitrogens is 2. The first kappa shape index (κ1) is 18.8. The van der Waals surface area contributed by atoms with Crippen molar-refractivity contribution in [3.05, 3.63) is 77.5 Å². The quantitative estimate of drug-likeness (QED) is 0.647. The number of halogens is 2. The van der Waals surface area contributed by atoms with Gasteiger partial charge in [-0.3, -0.25) is 0 Å². The fourth-order valence-corrected chi connectivity index (χ4v) is 2.74. The van der Waals surface area contributed by atoms with Crippen LogP contribution in [0.15, 0.2) is 54.6 Å². The molecule has 27 heavy (non-hydrogen) atoms. The second kappa shape index (κ2) is 8.12. The van der Waals surface area contributed by atoms with Gasteiger partial charge < -0.3 is 10.2 Å². The third-order valence-electron chi connectivity index (χ3n) is 4.11. The van der Waals surface area contributed by atoms with E-state index in [1.165, 1.54) is 12.1 Å². The molecule has 1 aromatic heterocycles. The minimum Gasteiger partial charge on any atom is -0.338 e. The maximum atomic E-state index is 14.0. The topological polar surface area (TPSA) is 41.1 Å². The minimum absolute atomic E-state index is 0.166. The number of hydrogen-bond acceptors (Lipinski definition) is 4. The highest BCUT2D eigenvalue weighted by Crippen LogP contribution is 2.23. The van der Waals surface area contributed by atoms with Crippen molar-refractivity contribution in [2.75, 3.05) is 10.2 Å². The Morgan fingerprint density at radius 2 is 1.74 bits per heavy atom. The van der Waals surface area contributed by atoms with Crippen LogP contribution >= 0.6 is 0 Å². The van der Waals surface area contributed by atoms with Gasteiger partial charge in [0.15, 0.2) is 0 Å². The largest absolute Gasteiger partial charge is 0.338 e. The summed E-state index contributed by atoms with van der Waals surface area (Å²) >= 11 is 0. The van der Waals surface area contributed by atoms with Gasteiger partial charge in [-0.2, -0.15) is 4.98 Å². The highest BCUT2D eigenvalue weighted by Gasteiger charge is 2.16.